The molecule has 0 atom stereocenters. The standard InChI is InChI=1S/C9H14/c1-2-3-4-5-6-9-7-8-9/h1,9H,3-8H2. The molecule has 0 unspecified atom stereocenters. The van der Waals surface area contributed by atoms with Crippen LogP contribution in [0.5, 0.6) is 0 Å². The Hall–Kier alpha value is -0.440. The molecule has 1 aliphatic rings. The zero-order valence-electron chi connectivity index (χ0n) is 5.90. The highest BCUT2D eigenvalue weighted by molar-refractivity contribution is 4.83. The molecule has 0 aromatic rings. The minimum atomic E-state index is 0.979. The lowest BCUT2D eigenvalue weighted by atomic mass is 10.1. The summed E-state index contributed by atoms with van der Waals surface area (Å²) >= 11 is 0. The van der Waals surface area contributed by atoms with E-state index < -0.39 is 0 Å². The van der Waals surface area contributed by atoms with Gasteiger partial charge in [-0.2, -0.15) is 0 Å². The Balaban J connectivity index is 1.77. The maximum absolute atomic E-state index is 5.11. The van der Waals surface area contributed by atoms with Crippen LogP contribution < -0.4 is 0 Å². The topological polar surface area (TPSA) is 0 Å². The molecule has 0 heterocycles. The third kappa shape index (κ3) is 3.19. The fourth-order valence-corrected chi connectivity index (χ4v) is 1.07. The molecule has 1 aliphatic carbocycles. The third-order valence-electron chi connectivity index (χ3n) is 1.88. The molecule has 0 saturated heterocycles. The van der Waals surface area contributed by atoms with E-state index in [1.54, 1.807) is 0 Å². The van der Waals surface area contributed by atoms with E-state index in [9.17, 15) is 0 Å². The van der Waals surface area contributed by atoms with Crippen LogP contribution >= 0.6 is 0 Å². The summed E-state index contributed by atoms with van der Waals surface area (Å²) in [6.07, 6.45) is 13.1. The summed E-state index contributed by atoms with van der Waals surface area (Å²) < 4.78 is 0. The Labute approximate surface area is 57.7 Å². The van der Waals surface area contributed by atoms with Gasteiger partial charge in [-0.25, -0.2) is 0 Å². The molecule has 0 amide bonds. The molecule has 0 N–H and O–H groups in total. The van der Waals surface area contributed by atoms with Crippen molar-refractivity contribution in [1.29, 1.82) is 0 Å². The Morgan fingerprint density at radius 1 is 1.33 bits per heavy atom. The van der Waals surface area contributed by atoms with Crippen LogP contribution in [0.2, 0.25) is 0 Å². The number of rotatable bonds is 4. The first-order chi connectivity index (χ1) is 4.43. The summed E-state index contributed by atoms with van der Waals surface area (Å²) in [6, 6.07) is 0. The summed E-state index contributed by atoms with van der Waals surface area (Å²) in [5, 5.41) is 0. The lowest BCUT2D eigenvalue weighted by molar-refractivity contribution is 0.638. The van der Waals surface area contributed by atoms with E-state index in [0.717, 1.165) is 12.3 Å². The van der Waals surface area contributed by atoms with Gasteiger partial charge < -0.3 is 0 Å². The monoisotopic (exact) mass is 122 g/mol. The predicted octanol–water partition coefficient (Wildman–Crippen LogP) is 2.59. The number of unbranched alkanes of at least 4 members (excludes halogenated alkanes) is 2. The molecular formula is C9H14. The van der Waals surface area contributed by atoms with Crippen LogP contribution in [0.15, 0.2) is 0 Å². The Morgan fingerprint density at radius 3 is 2.67 bits per heavy atom. The fraction of sp³-hybridized carbons (Fsp3) is 0.778. The number of hydrogen-bond acceptors (Lipinski definition) is 0. The van der Waals surface area contributed by atoms with Gasteiger partial charge in [-0.15, -0.1) is 12.3 Å². The maximum Gasteiger partial charge on any atom is 0.00860 e. The molecule has 1 saturated carbocycles. The van der Waals surface area contributed by atoms with Gasteiger partial charge in [-0.1, -0.05) is 25.7 Å². The van der Waals surface area contributed by atoms with Crippen molar-refractivity contribution in [3.8, 4) is 12.3 Å². The highest BCUT2D eigenvalue weighted by Gasteiger charge is 2.19. The first-order valence-corrected chi connectivity index (χ1v) is 3.87. The van der Waals surface area contributed by atoms with Gasteiger partial charge in [0.2, 0.25) is 0 Å². The van der Waals surface area contributed by atoms with Crippen LogP contribution in [0.25, 0.3) is 0 Å². The number of hydrogen-bond donors (Lipinski definition) is 0. The van der Waals surface area contributed by atoms with Crippen LogP contribution in [-0.4, -0.2) is 0 Å². The smallest absolute Gasteiger partial charge is 0.00860 e. The van der Waals surface area contributed by atoms with E-state index in [1.807, 2.05) is 0 Å². The van der Waals surface area contributed by atoms with Crippen molar-refractivity contribution in [2.24, 2.45) is 5.92 Å². The zero-order valence-corrected chi connectivity index (χ0v) is 5.90. The minimum Gasteiger partial charge on any atom is -0.120 e. The summed E-state index contributed by atoms with van der Waals surface area (Å²) in [6.45, 7) is 0. The second kappa shape index (κ2) is 3.56. The fourth-order valence-electron chi connectivity index (χ4n) is 1.07. The molecule has 0 aromatic heterocycles. The van der Waals surface area contributed by atoms with Crippen molar-refractivity contribution < 1.29 is 0 Å². The van der Waals surface area contributed by atoms with Crippen molar-refractivity contribution in [3.05, 3.63) is 0 Å². The highest BCUT2D eigenvalue weighted by atomic mass is 14.2. The SMILES string of the molecule is C#CCCCCC1CC1. The molecule has 50 valence electrons. The Bertz CT molecular complexity index is 104. The normalized spacial score (nSPS) is 17.2. The second-order valence-corrected chi connectivity index (χ2v) is 2.89. The molecule has 1 fully saturated rings. The molecule has 1 rings (SSSR count). The first kappa shape index (κ1) is 6.68. The van der Waals surface area contributed by atoms with Gasteiger partial charge in [-0.05, 0) is 12.3 Å². The average molecular weight is 122 g/mol. The average Bonchev–Trinajstić information content (AvgIpc) is 2.63. The molecule has 0 spiro atoms. The summed E-state index contributed by atoms with van der Waals surface area (Å²) in [7, 11) is 0. The van der Waals surface area contributed by atoms with Gasteiger partial charge in [0.25, 0.3) is 0 Å². The van der Waals surface area contributed by atoms with E-state index in [0.29, 0.717) is 0 Å². The second-order valence-electron chi connectivity index (χ2n) is 2.89. The van der Waals surface area contributed by atoms with Gasteiger partial charge in [0.05, 0.1) is 0 Å². The third-order valence-corrected chi connectivity index (χ3v) is 1.88. The summed E-state index contributed by atoms with van der Waals surface area (Å²) in [5.41, 5.74) is 0. The molecule has 0 aliphatic heterocycles. The van der Waals surface area contributed by atoms with Gasteiger partial charge in [-0.3, -0.25) is 0 Å². The molecule has 9 heavy (non-hydrogen) atoms. The van der Waals surface area contributed by atoms with Crippen LogP contribution in [-0.2, 0) is 0 Å². The van der Waals surface area contributed by atoms with Gasteiger partial charge >= 0.3 is 0 Å². The van der Waals surface area contributed by atoms with E-state index in [2.05, 4.69) is 5.92 Å². The molecule has 0 radical (unpaired) electrons. The molecule has 0 nitrogen and oxygen atoms in total. The Kier molecular flexibility index (Phi) is 2.64. The zero-order chi connectivity index (χ0) is 6.53. The van der Waals surface area contributed by atoms with Crippen molar-refractivity contribution in [1.82, 2.24) is 0 Å². The number of terminal acetylenes is 1. The molecule has 0 bridgehead atoms. The van der Waals surface area contributed by atoms with Crippen molar-refractivity contribution >= 4 is 0 Å². The lowest BCUT2D eigenvalue weighted by Crippen LogP contribution is -1.76. The van der Waals surface area contributed by atoms with Crippen LogP contribution in [0.3, 0.4) is 0 Å². The largest absolute Gasteiger partial charge is 0.120 e. The lowest BCUT2D eigenvalue weighted by Gasteiger charge is -1.92. The highest BCUT2D eigenvalue weighted by Crippen LogP contribution is 2.33. The summed E-state index contributed by atoms with van der Waals surface area (Å²) in [4.78, 5) is 0. The van der Waals surface area contributed by atoms with Crippen molar-refractivity contribution in [2.45, 2.75) is 38.5 Å². The first-order valence-electron chi connectivity index (χ1n) is 3.87. The van der Waals surface area contributed by atoms with Gasteiger partial charge in [0.15, 0.2) is 0 Å². The van der Waals surface area contributed by atoms with Gasteiger partial charge in [0, 0.05) is 6.42 Å². The summed E-state index contributed by atoms with van der Waals surface area (Å²) in [5.74, 6) is 3.75. The van der Waals surface area contributed by atoms with Crippen molar-refractivity contribution in [2.75, 3.05) is 0 Å². The Morgan fingerprint density at radius 2 is 2.11 bits per heavy atom. The minimum absolute atomic E-state index is 0.979. The molecular weight excluding hydrogens is 108 g/mol. The van der Waals surface area contributed by atoms with Crippen LogP contribution in [0.1, 0.15) is 38.5 Å². The molecule has 0 aromatic carbocycles. The predicted molar refractivity (Wildman–Crippen MR) is 40.0 cm³/mol. The molecule has 0 heteroatoms. The quantitative estimate of drug-likeness (QED) is 0.397. The maximum atomic E-state index is 5.11. The van der Waals surface area contributed by atoms with Gasteiger partial charge in [0.1, 0.15) is 0 Å². The van der Waals surface area contributed by atoms with Crippen LogP contribution in [0, 0.1) is 18.3 Å². The van der Waals surface area contributed by atoms with Crippen molar-refractivity contribution in [3.63, 3.8) is 0 Å². The van der Waals surface area contributed by atoms with Crippen LogP contribution in [0.4, 0.5) is 0 Å². The van der Waals surface area contributed by atoms with E-state index in [4.69, 9.17) is 6.42 Å². The van der Waals surface area contributed by atoms with E-state index in [-0.39, 0.29) is 0 Å². The van der Waals surface area contributed by atoms with E-state index >= 15 is 0 Å². The van der Waals surface area contributed by atoms with E-state index in [1.165, 1.54) is 32.1 Å².